The predicted octanol–water partition coefficient (Wildman–Crippen LogP) is 3.92. The van der Waals surface area contributed by atoms with E-state index in [4.69, 9.17) is 4.42 Å². The van der Waals surface area contributed by atoms with Gasteiger partial charge in [0.25, 0.3) is 5.91 Å². The predicted molar refractivity (Wildman–Crippen MR) is 109 cm³/mol. The number of nitrogens with zero attached hydrogens (tertiary/aromatic N) is 3. The van der Waals surface area contributed by atoms with Gasteiger partial charge < -0.3 is 14.6 Å². The van der Waals surface area contributed by atoms with Crippen molar-refractivity contribution < 1.29 is 18.0 Å². The first-order chi connectivity index (χ1) is 14.6. The summed E-state index contributed by atoms with van der Waals surface area (Å²) in [5.41, 5.74) is 1.55. The minimum atomic E-state index is -0.795. The van der Waals surface area contributed by atoms with E-state index in [2.05, 4.69) is 20.1 Å². The Hall–Kier alpha value is -3.26. The lowest BCUT2D eigenvalue weighted by Crippen LogP contribution is -2.30. The van der Waals surface area contributed by atoms with Crippen LogP contribution in [0, 0.1) is 11.6 Å². The van der Waals surface area contributed by atoms with E-state index in [1.165, 1.54) is 5.56 Å². The first-order valence-electron chi connectivity index (χ1n) is 9.79. The number of pyridine rings is 1. The minimum absolute atomic E-state index is 0.0817. The molecule has 2 aromatic heterocycles. The van der Waals surface area contributed by atoms with Gasteiger partial charge in [-0.2, -0.15) is 0 Å². The summed E-state index contributed by atoms with van der Waals surface area (Å²) in [6.45, 7) is 4.52. The molecule has 0 radical (unpaired) electrons. The highest BCUT2D eigenvalue weighted by Crippen LogP contribution is 2.18. The van der Waals surface area contributed by atoms with Crippen LogP contribution in [-0.4, -0.2) is 42.0 Å². The molecule has 3 aromatic rings. The van der Waals surface area contributed by atoms with Crippen LogP contribution in [0.1, 0.15) is 22.3 Å². The first-order valence-corrected chi connectivity index (χ1v) is 9.79. The van der Waals surface area contributed by atoms with Gasteiger partial charge in [-0.15, -0.1) is 0 Å². The Labute approximate surface area is 173 Å². The molecule has 3 heterocycles. The maximum atomic E-state index is 13.3. The zero-order valence-corrected chi connectivity index (χ0v) is 16.4. The highest BCUT2D eigenvalue weighted by atomic mass is 19.1. The van der Waals surface area contributed by atoms with E-state index in [9.17, 15) is 13.6 Å². The van der Waals surface area contributed by atoms with Gasteiger partial charge >= 0.3 is 0 Å². The number of halogens is 2. The van der Waals surface area contributed by atoms with Crippen LogP contribution in [0.3, 0.4) is 0 Å². The second kappa shape index (κ2) is 9.04. The lowest BCUT2D eigenvalue weighted by molar-refractivity contribution is 0.102. The van der Waals surface area contributed by atoms with E-state index in [1.807, 2.05) is 12.1 Å². The fraction of sp³-hybridized carbons (Fsp3) is 0.273. The van der Waals surface area contributed by atoms with E-state index in [-0.39, 0.29) is 5.56 Å². The molecule has 0 saturated carbocycles. The van der Waals surface area contributed by atoms with Crippen molar-refractivity contribution in [2.24, 2.45) is 0 Å². The zero-order chi connectivity index (χ0) is 20.9. The fourth-order valence-electron chi connectivity index (χ4n) is 3.53. The van der Waals surface area contributed by atoms with Gasteiger partial charge in [-0.1, -0.05) is 0 Å². The van der Waals surface area contributed by atoms with Crippen molar-refractivity contribution in [1.82, 2.24) is 9.88 Å². The monoisotopic (exact) mass is 412 g/mol. The average molecular weight is 412 g/mol. The molecule has 0 atom stereocenters. The molecule has 1 N–H and O–H groups in total. The number of benzene rings is 1. The second-order valence-electron chi connectivity index (χ2n) is 7.27. The number of amides is 1. The van der Waals surface area contributed by atoms with Gasteiger partial charge in [0.15, 0.2) is 0 Å². The highest BCUT2D eigenvalue weighted by Gasteiger charge is 2.17. The molecule has 0 spiro atoms. The van der Waals surface area contributed by atoms with Crippen molar-refractivity contribution >= 4 is 17.4 Å². The Morgan fingerprint density at radius 2 is 1.90 bits per heavy atom. The molecule has 0 unspecified atom stereocenters. The zero-order valence-electron chi connectivity index (χ0n) is 16.4. The molecule has 1 amide bonds. The Morgan fingerprint density at radius 1 is 1.07 bits per heavy atom. The lowest BCUT2D eigenvalue weighted by atomic mass is 10.2. The third-order valence-electron chi connectivity index (χ3n) is 5.03. The standard InChI is InChI=1S/C22H22F2N4O2/c23-18-10-17(11-19(24)12-18)22(29)26-20-2-3-21(25-13-20)28-6-1-5-27(7-8-28)14-16-4-9-30-15-16/h2-4,9-13,15H,1,5-8,14H2,(H,26,29). The van der Waals surface area contributed by atoms with Crippen molar-refractivity contribution in [2.75, 3.05) is 36.4 Å². The van der Waals surface area contributed by atoms with Crippen LogP contribution in [0.15, 0.2) is 59.5 Å². The number of carbonyl (C=O) groups is 1. The van der Waals surface area contributed by atoms with Crippen molar-refractivity contribution in [1.29, 1.82) is 0 Å². The minimum Gasteiger partial charge on any atom is -0.472 e. The largest absolute Gasteiger partial charge is 0.472 e. The molecule has 1 aliphatic rings. The smallest absolute Gasteiger partial charge is 0.255 e. The highest BCUT2D eigenvalue weighted by molar-refractivity contribution is 6.04. The normalized spacial score (nSPS) is 15.1. The Bertz CT molecular complexity index is 973. The number of anilines is 2. The van der Waals surface area contributed by atoms with Gasteiger partial charge in [-0.05, 0) is 36.8 Å². The van der Waals surface area contributed by atoms with Gasteiger partial charge in [0.05, 0.1) is 24.4 Å². The summed E-state index contributed by atoms with van der Waals surface area (Å²) in [6, 6.07) is 8.27. The molecule has 1 fully saturated rings. The molecule has 30 heavy (non-hydrogen) atoms. The van der Waals surface area contributed by atoms with Gasteiger partial charge in [-0.3, -0.25) is 9.69 Å². The van der Waals surface area contributed by atoms with E-state index in [1.54, 1.807) is 24.8 Å². The van der Waals surface area contributed by atoms with E-state index < -0.39 is 17.5 Å². The topological polar surface area (TPSA) is 61.6 Å². The molecule has 0 bridgehead atoms. The van der Waals surface area contributed by atoms with Crippen LogP contribution in [0.2, 0.25) is 0 Å². The Balaban J connectivity index is 1.35. The molecule has 1 aromatic carbocycles. The van der Waals surface area contributed by atoms with Crippen LogP contribution in [0.25, 0.3) is 0 Å². The number of nitrogens with one attached hydrogen (secondary N) is 1. The van der Waals surface area contributed by atoms with Crippen molar-refractivity contribution in [3.63, 3.8) is 0 Å². The number of hydrogen-bond donors (Lipinski definition) is 1. The van der Waals surface area contributed by atoms with Gasteiger partial charge in [0, 0.05) is 49.9 Å². The summed E-state index contributed by atoms with van der Waals surface area (Å²) in [6.07, 6.45) is 6.03. The SMILES string of the molecule is O=C(Nc1ccc(N2CCCN(Cc3ccoc3)CC2)nc1)c1cc(F)cc(F)c1. The summed E-state index contributed by atoms with van der Waals surface area (Å²) in [7, 11) is 0. The summed E-state index contributed by atoms with van der Waals surface area (Å²) < 4.78 is 31.8. The molecule has 8 heteroatoms. The number of furan rings is 1. The molecule has 6 nitrogen and oxygen atoms in total. The van der Waals surface area contributed by atoms with Crippen LogP contribution < -0.4 is 10.2 Å². The van der Waals surface area contributed by atoms with Crippen LogP contribution in [0.4, 0.5) is 20.3 Å². The van der Waals surface area contributed by atoms with Gasteiger partial charge in [0.2, 0.25) is 0 Å². The number of carbonyl (C=O) groups excluding carboxylic acids is 1. The number of hydrogen-bond acceptors (Lipinski definition) is 5. The number of rotatable bonds is 5. The van der Waals surface area contributed by atoms with E-state index in [0.29, 0.717) is 5.69 Å². The van der Waals surface area contributed by atoms with Crippen LogP contribution >= 0.6 is 0 Å². The quantitative estimate of drug-likeness (QED) is 0.688. The molecule has 1 saturated heterocycles. The summed E-state index contributed by atoms with van der Waals surface area (Å²) in [5, 5.41) is 2.62. The van der Waals surface area contributed by atoms with Crippen LogP contribution in [-0.2, 0) is 6.54 Å². The van der Waals surface area contributed by atoms with Crippen LogP contribution in [0.5, 0.6) is 0 Å². The third kappa shape index (κ3) is 5.01. The maximum Gasteiger partial charge on any atom is 0.255 e. The summed E-state index contributed by atoms with van der Waals surface area (Å²) in [4.78, 5) is 21.3. The molecule has 0 aliphatic carbocycles. The molecule has 4 rings (SSSR count). The molecular formula is C22H22F2N4O2. The Kier molecular flexibility index (Phi) is 6.04. The average Bonchev–Trinajstić information content (AvgIpc) is 3.12. The third-order valence-corrected chi connectivity index (χ3v) is 5.03. The summed E-state index contributed by atoms with van der Waals surface area (Å²) in [5.74, 6) is -1.35. The lowest BCUT2D eigenvalue weighted by Gasteiger charge is -2.22. The van der Waals surface area contributed by atoms with Crippen molar-refractivity contribution in [3.05, 3.63) is 77.9 Å². The van der Waals surface area contributed by atoms with Gasteiger partial charge in [-0.25, -0.2) is 13.8 Å². The van der Waals surface area contributed by atoms with Crippen molar-refractivity contribution in [3.8, 4) is 0 Å². The van der Waals surface area contributed by atoms with E-state index in [0.717, 1.165) is 63.2 Å². The number of aromatic nitrogens is 1. The fourth-order valence-corrected chi connectivity index (χ4v) is 3.53. The molecular weight excluding hydrogens is 390 g/mol. The van der Waals surface area contributed by atoms with E-state index >= 15 is 0 Å². The summed E-state index contributed by atoms with van der Waals surface area (Å²) >= 11 is 0. The second-order valence-corrected chi connectivity index (χ2v) is 7.27. The molecule has 156 valence electrons. The molecule has 1 aliphatic heterocycles. The first kappa shape index (κ1) is 20.0. The van der Waals surface area contributed by atoms with Crippen molar-refractivity contribution in [2.45, 2.75) is 13.0 Å². The van der Waals surface area contributed by atoms with Gasteiger partial charge in [0.1, 0.15) is 17.5 Å². The maximum absolute atomic E-state index is 13.3. The Morgan fingerprint density at radius 3 is 2.60 bits per heavy atom.